The Morgan fingerprint density at radius 2 is 2.27 bits per heavy atom. The first-order chi connectivity index (χ1) is 7.25. The van der Waals surface area contributed by atoms with Gasteiger partial charge in [-0.25, -0.2) is 0 Å². The van der Waals surface area contributed by atoms with Crippen molar-refractivity contribution in [1.82, 2.24) is 4.37 Å². The number of carbonyl (C=O) groups excluding carboxylic acids is 1. The highest BCUT2D eigenvalue weighted by Crippen LogP contribution is 2.27. The van der Waals surface area contributed by atoms with Crippen LogP contribution in [0.25, 0.3) is 0 Å². The highest BCUT2D eigenvalue weighted by atomic mass is 32.2. The molecule has 0 N–H and O–H groups in total. The van der Waals surface area contributed by atoms with Crippen LogP contribution >= 0.6 is 23.3 Å². The summed E-state index contributed by atoms with van der Waals surface area (Å²) in [6.45, 7) is 1.94. The van der Waals surface area contributed by atoms with Crippen molar-refractivity contribution in [1.29, 1.82) is 0 Å². The number of thioether (sulfide) groups is 1. The first-order valence-electron chi connectivity index (χ1n) is 5.30. The molecule has 2 rings (SSSR count). The van der Waals surface area contributed by atoms with Crippen LogP contribution in [0.5, 0.6) is 0 Å². The molecule has 0 aliphatic carbocycles. The number of aryl methyl sites for hydroxylation is 1. The van der Waals surface area contributed by atoms with E-state index in [1.165, 1.54) is 35.9 Å². The molecule has 2 nitrogen and oxygen atoms in total. The van der Waals surface area contributed by atoms with Gasteiger partial charge in [-0.1, -0.05) is 0 Å². The average molecular weight is 241 g/mol. The molecule has 0 unspecified atom stereocenters. The van der Waals surface area contributed by atoms with Crippen molar-refractivity contribution in [3.63, 3.8) is 0 Å². The normalized spacial score (nSPS) is 17.9. The van der Waals surface area contributed by atoms with Crippen molar-refractivity contribution in [2.45, 2.75) is 26.2 Å². The van der Waals surface area contributed by atoms with Crippen LogP contribution in [0.1, 0.15) is 34.6 Å². The van der Waals surface area contributed by atoms with Crippen molar-refractivity contribution in [3.05, 3.63) is 16.6 Å². The highest BCUT2D eigenvalue weighted by molar-refractivity contribution is 7.99. The number of carbonyl (C=O) groups is 1. The summed E-state index contributed by atoms with van der Waals surface area (Å²) < 4.78 is 4.15. The second-order valence-electron chi connectivity index (χ2n) is 4.02. The summed E-state index contributed by atoms with van der Waals surface area (Å²) in [6, 6.07) is 1.91. The third-order valence-corrected chi connectivity index (χ3v) is 4.69. The van der Waals surface area contributed by atoms with Gasteiger partial charge in [-0.3, -0.25) is 4.79 Å². The number of Topliss-reactive ketones (excluding diaryl/α,β-unsaturated/α-hetero) is 1. The van der Waals surface area contributed by atoms with E-state index in [1.54, 1.807) is 0 Å². The molecule has 0 radical (unpaired) electrons. The zero-order chi connectivity index (χ0) is 10.7. The van der Waals surface area contributed by atoms with Gasteiger partial charge in [-0.05, 0) is 54.8 Å². The van der Waals surface area contributed by atoms with Gasteiger partial charge in [-0.2, -0.15) is 16.1 Å². The standard InChI is InChI=1S/C11H15NOS2/c1-8-6-11(15-12-8)10(13)7-9-2-4-14-5-3-9/h6,9H,2-5,7H2,1H3. The predicted octanol–water partition coefficient (Wildman–Crippen LogP) is 3.17. The van der Waals surface area contributed by atoms with E-state index >= 15 is 0 Å². The first kappa shape index (κ1) is 11.1. The van der Waals surface area contributed by atoms with Crippen molar-refractivity contribution in [3.8, 4) is 0 Å². The van der Waals surface area contributed by atoms with Crippen molar-refractivity contribution in [2.24, 2.45) is 5.92 Å². The van der Waals surface area contributed by atoms with Crippen LogP contribution in [0.15, 0.2) is 6.07 Å². The Balaban J connectivity index is 1.91. The summed E-state index contributed by atoms with van der Waals surface area (Å²) in [4.78, 5) is 12.7. The van der Waals surface area contributed by atoms with Gasteiger partial charge in [0.2, 0.25) is 0 Å². The fourth-order valence-electron chi connectivity index (χ4n) is 1.81. The summed E-state index contributed by atoms with van der Waals surface area (Å²) in [6.07, 6.45) is 3.13. The number of nitrogens with zero attached hydrogens (tertiary/aromatic N) is 1. The fourth-order valence-corrected chi connectivity index (χ4v) is 3.72. The second kappa shape index (κ2) is 5.12. The topological polar surface area (TPSA) is 30.0 Å². The summed E-state index contributed by atoms with van der Waals surface area (Å²) in [5, 5.41) is 0. The molecule has 1 saturated heterocycles. The van der Waals surface area contributed by atoms with Crippen LogP contribution in [-0.2, 0) is 0 Å². The Bertz CT molecular complexity index is 342. The minimum atomic E-state index is 0.289. The van der Waals surface area contributed by atoms with Crippen LogP contribution in [0.2, 0.25) is 0 Å². The lowest BCUT2D eigenvalue weighted by atomic mass is 9.96. The third-order valence-electron chi connectivity index (χ3n) is 2.72. The smallest absolute Gasteiger partial charge is 0.174 e. The van der Waals surface area contributed by atoms with Gasteiger partial charge in [0.05, 0.1) is 10.6 Å². The lowest BCUT2D eigenvalue weighted by molar-refractivity contribution is 0.0962. The van der Waals surface area contributed by atoms with E-state index in [1.807, 2.05) is 24.8 Å². The van der Waals surface area contributed by atoms with Crippen LogP contribution in [0.4, 0.5) is 0 Å². The van der Waals surface area contributed by atoms with E-state index in [4.69, 9.17) is 0 Å². The Morgan fingerprint density at radius 3 is 2.87 bits per heavy atom. The van der Waals surface area contributed by atoms with Crippen molar-refractivity contribution < 1.29 is 4.79 Å². The molecule has 0 atom stereocenters. The largest absolute Gasteiger partial charge is 0.293 e. The molecule has 1 fully saturated rings. The maximum Gasteiger partial charge on any atom is 0.174 e. The molecule has 0 saturated carbocycles. The molecule has 0 amide bonds. The quantitative estimate of drug-likeness (QED) is 0.761. The molecule has 1 aliphatic rings. The Labute approximate surface area is 98.6 Å². The lowest BCUT2D eigenvalue weighted by Crippen LogP contribution is -2.13. The van der Waals surface area contributed by atoms with Gasteiger partial charge in [0, 0.05) is 6.42 Å². The summed E-state index contributed by atoms with van der Waals surface area (Å²) >= 11 is 3.35. The van der Waals surface area contributed by atoms with E-state index in [0.29, 0.717) is 5.92 Å². The molecule has 0 bridgehead atoms. The van der Waals surface area contributed by atoms with Crippen LogP contribution < -0.4 is 0 Å². The molecular formula is C11H15NOS2. The van der Waals surface area contributed by atoms with Gasteiger partial charge in [0.1, 0.15) is 0 Å². The Morgan fingerprint density at radius 1 is 1.53 bits per heavy atom. The number of hydrogen-bond acceptors (Lipinski definition) is 4. The van der Waals surface area contributed by atoms with Gasteiger partial charge < -0.3 is 0 Å². The molecule has 1 aliphatic heterocycles. The maximum atomic E-state index is 11.9. The summed E-state index contributed by atoms with van der Waals surface area (Å²) in [7, 11) is 0. The third kappa shape index (κ3) is 3.05. The molecule has 0 spiro atoms. The Hall–Kier alpha value is -0.350. The summed E-state index contributed by atoms with van der Waals surface area (Å²) in [5.74, 6) is 3.35. The molecule has 0 aromatic carbocycles. The van der Waals surface area contributed by atoms with Crippen LogP contribution in [0.3, 0.4) is 0 Å². The lowest BCUT2D eigenvalue weighted by Gasteiger charge is -2.19. The van der Waals surface area contributed by atoms with E-state index in [0.717, 1.165) is 17.0 Å². The monoisotopic (exact) mass is 241 g/mol. The number of aromatic nitrogens is 1. The van der Waals surface area contributed by atoms with E-state index in [-0.39, 0.29) is 5.78 Å². The molecule has 1 aromatic heterocycles. The van der Waals surface area contributed by atoms with Crippen LogP contribution in [0, 0.1) is 12.8 Å². The number of ketones is 1. The van der Waals surface area contributed by atoms with E-state index < -0.39 is 0 Å². The van der Waals surface area contributed by atoms with Gasteiger partial charge in [-0.15, -0.1) is 0 Å². The SMILES string of the molecule is Cc1cc(C(=O)CC2CCSCC2)sn1. The minimum Gasteiger partial charge on any atom is -0.293 e. The molecular weight excluding hydrogens is 226 g/mol. The summed E-state index contributed by atoms with van der Waals surface area (Å²) in [5.41, 5.74) is 0.961. The average Bonchev–Trinajstić information content (AvgIpc) is 2.66. The molecule has 1 aromatic rings. The van der Waals surface area contributed by atoms with E-state index in [2.05, 4.69) is 4.37 Å². The molecule has 82 valence electrons. The maximum absolute atomic E-state index is 11.9. The number of hydrogen-bond donors (Lipinski definition) is 0. The predicted molar refractivity (Wildman–Crippen MR) is 65.8 cm³/mol. The number of rotatable bonds is 3. The fraction of sp³-hybridized carbons (Fsp3) is 0.636. The Kier molecular flexibility index (Phi) is 3.81. The van der Waals surface area contributed by atoms with Gasteiger partial charge >= 0.3 is 0 Å². The minimum absolute atomic E-state index is 0.289. The molecule has 15 heavy (non-hydrogen) atoms. The van der Waals surface area contributed by atoms with Crippen molar-refractivity contribution >= 4 is 29.1 Å². The highest BCUT2D eigenvalue weighted by Gasteiger charge is 2.19. The van der Waals surface area contributed by atoms with Gasteiger partial charge in [0.25, 0.3) is 0 Å². The second-order valence-corrected chi connectivity index (χ2v) is 6.05. The zero-order valence-corrected chi connectivity index (χ0v) is 10.5. The van der Waals surface area contributed by atoms with Gasteiger partial charge in [0.15, 0.2) is 5.78 Å². The zero-order valence-electron chi connectivity index (χ0n) is 8.86. The first-order valence-corrected chi connectivity index (χ1v) is 7.23. The molecule has 4 heteroatoms. The van der Waals surface area contributed by atoms with Crippen LogP contribution in [-0.4, -0.2) is 21.7 Å². The molecule has 2 heterocycles. The van der Waals surface area contributed by atoms with Crippen molar-refractivity contribution in [2.75, 3.05) is 11.5 Å². The van der Waals surface area contributed by atoms with E-state index in [9.17, 15) is 4.79 Å².